The maximum atomic E-state index is 14.4. The number of methoxy groups -OCH3 is 1. The van der Waals surface area contributed by atoms with E-state index in [1.807, 2.05) is 0 Å². The Morgan fingerprint density at radius 3 is 2.56 bits per heavy atom. The van der Waals surface area contributed by atoms with E-state index in [-0.39, 0.29) is 33.2 Å². The predicted octanol–water partition coefficient (Wildman–Crippen LogP) is 4.95. The van der Waals surface area contributed by atoms with Crippen LogP contribution in [-0.4, -0.2) is 30.7 Å². The van der Waals surface area contributed by atoms with Crippen LogP contribution >= 0.6 is 11.6 Å². The number of rotatable bonds is 8. The van der Waals surface area contributed by atoms with Crippen LogP contribution in [0, 0.1) is 18.7 Å². The first-order valence-electron chi connectivity index (χ1n) is 10.5. The van der Waals surface area contributed by atoms with Crippen molar-refractivity contribution in [1.82, 2.24) is 16.0 Å². The number of aromatic nitrogens is 1. The standard InChI is InChI=1S/C24H25ClFN3O5/c1-13(2)10-11-33-18-9-8-15(12-19(18)32-4)23(30)27-28-24(31)20-14(3)34-29-22(20)21-16(25)6-5-7-17(21)26/h5-9,12-13H,10-11H2,1-4H3,(H,27,30)(H,28,31). The van der Waals surface area contributed by atoms with Gasteiger partial charge < -0.3 is 14.0 Å². The summed E-state index contributed by atoms with van der Waals surface area (Å²) in [6.45, 7) is 6.20. The van der Waals surface area contributed by atoms with Gasteiger partial charge in [-0.3, -0.25) is 20.4 Å². The number of halogens is 2. The van der Waals surface area contributed by atoms with Gasteiger partial charge in [0.25, 0.3) is 11.8 Å². The average molecular weight is 490 g/mol. The Morgan fingerprint density at radius 2 is 1.88 bits per heavy atom. The Bertz CT molecular complexity index is 1180. The smallest absolute Gasteiger partial charge is 0.275 e. The van der Waals surface area contributed by atoms with Crippen molar-refractivity contribution in [3.63, 3.8) is 0 Å². The Labute approximate surface area is 201 Å². The quantitative estimate of drug-likeness (QED) is 0.434. The molecule has 34 heavy (non-hydrogen) atoms. The van der Waals surface area contributed by atoms with Gasteiger partial charge in [-0.2, -0.15) is 0 Å². The fraction of sp³-hybridized carbons (Fsp3) is 0.292. The molecule has 3 aromatic rings. The van der Waals surface area contributed by atoms with E-state index in [1.54, 1.807) is 12.1 Å². The number of ether oxygens (including phenoxy) is 2. The molecule has 0 aliphatic rings. The number of aryl methyl sites for hydroxylation is 1. The Morgan fingerprint density at radius 1 is 1.15 bits per heavy atom. The van der Waals surface area contributed by atoms with Crippen molar-refractivity contribution in [1.29, 1.82) is 0 Å². The van der Waals surface area contributed by atoms with Gasteiger partial charge in [0.15, 0.2) is 11.5 Å². The van der Waals surface area contributed by atoms with E-state index >= 15 is 0 Å². The molecule has 0 aliphatic carbocycles. The lowest BCUT2D eigenvalue weighted by atomic mass is 10.1. The molecule has 8 nitrogen and oxygen atoms in total. The van der Waals surface area contributed by atoms with Crippen LogP contribution < -0.4 is 20.3 Å². The fourth-order valence-corrected chi connectivity index (χ4v) is 3.37. The minimum absolute atomic E-state index is 0.0567. The SMILES string of the molecule is COc1cc(C(=O)NNC(=O)c2c(-c3c(F)cccc3Cl)noc2C)ccc1OCCC(C)C. The van der Waals surface area contributed by atoms with Gasteiger partial charge in [-0.25, -0.2) is 4.39 Å². The first kappa shape index (κ1) is 25.0. The third-order valence-electron chi connectivity index (χ3n) is 4.96. The lowest BCUT2D eigenvalue weighted by Gasteiger charge is -2.13. The predicted molar refractivity (Wildman–Crippen MR) is 125 cm³/mol. The minimum Gasteiger partial charge on any atom is -0.493 e. The number of nitrogens with zero attached hydrogens (tertiary/aromatic N) is 1. The molecular weight excluding hydrogens is 465 g/mol. The van der Waals surface area contributed by atoms with E-state index in [9.17, 15) is 14.0 Å². The number of hydrogen-bond donors (Lipinski definition) is 2. The molecule has 0 spiro atoms. The topological polar surface area (TPSA) is 103 Å². The van der Waals surface area contributed by atoms with Crippen LogP contribution in [0.4, 0.5) is 4.39 Å². The molecule has 0 fully saturated rings. The summed E-state index contributed by atoms with van der Waals surface area (Å²) in [4.78, 5) is 25.4. The second kappa shape index (κ2) is 11.0. The van der Waals surface area contributed by atoms with Gasteiger partial charge in [0, 0.05) is 5.56 Å². The number of carbonyl (C=O) groups is 2. The summed E-state index contributed by atoms with van der Waals surface area (Å²) in [7, 11) is 1.47. The van der Waals surface area contributed by atoms with E-state index in [0.717, 1.165) is 6.42 Å². The van der Waals surface area contributed by atoms with E-state index in [4.69, 9.17) is 25.6 Å². The molecule has 1 aromatic heterocycles. The Balaban J connectivity index is 1.73. The summed E-state index contributed by atoms with van der Waals surface area (Å²) in [5.74, 6) is -0.498. The van der Waals surface area contributed by atoms with Crippen molar-refractivity contribution in [2.75, 3.05) is 13.7 Å². The fourth-order valence-electron chi connectivity index (χ4n) is 3.12. The van der Waals surface area contributed by atoms with Crippen molar-refractivity contribution < 1.29 is 28.0 Å². The summed E-state index contributed by atoms with van der Waals surface area (Å²) >= 11 is 6.10. The van der Waals surface area contributed by atoms with Gasteiger partial charge in [-0.15, -0.1) is 0 Å². The normalized spacial score (nSPS) is 10.8. The molecule has 0 atom stereocenters. The van der Waals surface area contributed by atoms with Crippen molar-refractivity contribution >= 4 is 23.4 Å². The van der Waals surface area contributed by atoms with Crippen molar-refractivity contribution in [2.45, 2.75) is 27.2 Å². The maximum Gasteiger partial charge on any atom is 0.275 e. The van der Waals surface area contributed by atoms with Crippen molar-refractivity contribution in [3.8, 4) is 22.8 Å². The highest BCUT2D eigenvalue weighted by atomic mass is 35.5. The molecule has 0 aliphatic heterocycles. The van der Waals surface area contributed by atoms with Crippen LogP contribution in [0.25, 0.3) is 11.3 Å². The Hall–Kier alpha value is -3.59. The molecule has 2 amide bonds. The number of nitrogens with one attached hydrogen (secondary N) is 2. The lowest BCUT2D eigenvalue weighted by molar-refractivity contribution is 0.0845. The summed E-state index contributed by atoms with van der Waals surface area (Å²) < 4.78 is 30.5. The van der Waals surface area contributed by atoms with Crippen LogP contribution in [0.5, 0.6) is 11.5 Å². The first-order chi connectivity index (χ1) is 16.2. The molecule has 0 saturated carbocycles. The molecule has 1 heterocycles. The average Bonchev–Trinajstić information content (AvgIpc) is 3.18. The minimum atomic E-state index is -0.748. The van der Waals surface area contributed by atoms with Gasteiger partial charge in [-0.1, -0.05) is 36.7 Å². The molecule has 0 unspecified atom stereocenters. The maximum absolute atomic E-state index is 14.4. The monoisotopic (exact) mass is 489 g/mol. The summed E-state index contributed by atoms with van der Waals surface area (Å²) in [5.41, 5.74) is 4.64. The Kier molecular flexibility index (Phi) is 8.12. The van der Waals surface area contributed by atoms with Gasteiger partial charge in [0.05, 0.1) is 24.3 Å². The van der Waals surface area contributed by atoms with Gasteiger partial charge >= 0.3 is 0 Å². The molecule has 0 saturated heterocycles. The van der Waals surface area contributed by atoms with E-state index in [0.29, 0.717) is 24.0 Å². The zero-order valence-corrected chi connectivity index (χ0v) is 20.0. The second-order valence-corrected chi connectivity index (χ2v) is 8.27. The molecule has 2 aromatic carbocycles. The highest BCUT2D eigenvalue weighted by molar-refractivity contribution is 6.33. The second-order valence-electron chi connectivity index (χ2n) is 7.86. The molecule has 10 heteroatoms. The molecule has 180 valence electrons. The number of hydrazine groups is 1. The molecular formula is C24H25ClFN3O5. The van der Waals surface area contributed by atoms with Crippen molar-refractivity contribution in [3.05, 3.63) is 64.1 Å². The molecule has 0 radical (unpaired) electrons. The number of hydrogen-bond acceptors (Lipinski definition) is 6. The van der Waals surface area contributed by atoms with E-state index in [2.05, 4.69) is 29.9 Å². The number of amides is 2. The largest absolute Gasteiger partial charge is 0.493 e. The van der Waals surface area contributed by atoms with Crippen LogP contribution in [0.2, 0.25) is 5.02 Å². The van der Waals surface area contributed by atoms with Crippen LogP contribution in [0.3, 0.4) is 0 Å². The highest BCUT2D eigenvalue weighted by Crippen LogP contribution is 2.33. The van der Waals surface area contributed by atoms with Crippen LogP contribution in [0.1, 0.15) is 46.7 Å². The third kappa shape index (κ3) is 5.66. The highest BCUT2D eigenvalue weighted by Gasteiger charge is 2.26. The van der Waals surface area contributed by atoms with E-state index < -0.39 is 17.6 Å². The van der Waals surface area contributed by atoms with Gasteiger partial charge in [-0.05, 0) is 49.6 Å². The molecule has 3 rings (SSSR count). The number of benzene rings is 2. The molecule has 2 N–H and O–H groups in total. The summed E-state index contributed by atoms with van der Waals surface area (Å²) in [6, 6.07) is 8.77. The van der Waals surface area contributed by atoms with Crippen LogP contribution in [0.15, 0.2) is 40.9 Å². The van der Waals surface area contributed by atoms with Gasteiger partial charge in [0.2, 0.25) is 0 Å². The third-order valence-corrected chi connectivity index (χ3v) is 5.27. The lowest BCUT2D eigenvalue weighted by Crippen LogP contribution is -2.41. The van der Waals surface area contributed by atoms with Gasteiger partial charge in [0.1, 0.15) is 22.8 Å². The van der Waals surface area contributed by atoms with E-state index in [1.165, 1.54) is 38.3 Å². The summed E-state index contributed by atoms with van der Waals surface area (Å²) in [6.07, 6.45) is 0.875. The zero-order chi connectivity index (χ0) is 24.8. The first-order valence-corrected chi connectivity index (χ1v) is 10.9. The summed E-state index contributed by atoms with van der Waals surface area (Å²) in [5, 5.41) is 3.84. The van der Waals surface area contributed by atoms with Crippen molar-refractivity contribution in [2.24, 2.45) is 5.92 Å². The van der Waals surface area contributed by atoms with Crippen LogP contribution in [-0.2, 0) is 0 Å². The molecule has 0 bridgehead atoms. The number of carbonyl (C=O) groups excluding carboxylic acids is 2. The zero-order valence-electron chi connectivity index (χ0n) is 19.2.